The molecule has 31 heavy (non-hydrogen) atoms. The van der Waals surface area contributed by atoms with E-state index in [2.05, 4.69) is 58.0 Å². The fourth-order valence-electron chi connectivity index (χ4n) is 3.10. The maximum atomic E-state index is 11.0. The van der Waals surface area contributed by atoms with Crippen LogP contribution in [0.1, 0.15) is 11.1 Å². The Balaban J connectivity index is 1.52. The molecule has 0 radical (unpaired) electrons. The molecule has 0 bridgehead atoms. The molecule has 0 saturated carbocycles. The van der Waals surface area contributed by atoms with Gasteiger partial charge in [0.25, 0.3) is 0 Å². The van der Waals surface area contributed by atoms with Crippen molar-refractivity contribution in [2.24, 2.45) is 0 Å². The fraction of sp³-hybridized carbons (Fsp3) is 0.125. The Morgan fingerprint density at radius 1 is 1.06 bits per heavy atom. The molecular weight excluding hydrogens is 424 g/mol. The van der Waals surface area contributed by atoms with Gasteiger partial charge in [0, 0.05) is 53.3 Å². The van der Waals surface area contributed by atoms with Crippen molar-refractivity contribution in [1.29, 1.82) is 0 Å². The first-order valence-electron chi connectivity index (χ1n) is 9.77. The Hall–Kier alpha value is -3.16. The van der Waals surface area contributed by atoms with Gasteiger partial charge >= 0.3 is 0 Å². The third-order valence-corrected chi connectivity index (χ3v) is 6.75. The molecule has 0 aliphatic rings. The molecule has 0 atom stereocenters. The molecule has 0 unspecified atom stereocenters. The molecule has 4 aromatic rings. The number of anilines is 1. The molecule has 3 heterocycles. The first kappa shape index (κ1) is 21.1. The van der Waals surface area contributed by atoms with Gasteiger partial charge in [0.05, 0.1) is 11.9 Å². The van der Waals surface area contributed by atoms with Crippen LogP contribution in [0.25, 0.3) is 20.9 Å². The highest BCUT2D eigenvalue weighted by Gasteiger charge is 2.09. The number of nitrogens with zero attached hydrogens (tertiary/aromatic N) is 3. The van der Waals surface area contributed by atoms with Gasteiger partial charge in [-0.2, -0.15) is 0 Å². The van der Waals surface area contributed by atoms with Crippen LogP contribution in [0.4, 0.5) is 5.69 Å². The van der Waals surface area contributed by atoms with Crippen LogP contribution in [0, 0.1) is 6.92 Å². The van der Waals surface area contributed by atoms with Crippen molar-refractivity contribution >= 4 is 35.4 Å². The molecule has 5 nitrogen and oxygen atoms in total. The van der Waals surface area contributed by atoms with E-state index in [1.807, 2.05) is 30.6 Å². The summed E-state index contributed by atoms with van der Waals surface area (Å²) in [5.41, 5.74) is 5.49. The van der Waals surface area contributed by atoms with Gasteiger partial charge < -0.3 is 9.62 Å². The second kappa shape index (κ2) is 9.76. The minimum Gasteiger partial charge on any atom is -0.344 e. The lowest BCUT2D eigenvalue weighted by molar-refractivity contribution is -0.117. The second-order valence-corrected chi connectivity index (χ2v) is 9.07. The molecule has 1 aromatic carbocycles. The highest BCUT2D eigenvalue weighted by molar-refractivity contribution is 8.00. The normalized spacial score (nSPS) is 10.6. The van der Waals surface area contributed by atoms with Crippen LogP contribution in [0.15, 0.2) is 78.2 Å². The highest BCUT2D eigenvalue weighted by atomic mass is 32.2. The third-order valence-electron chi connectivity index (χ3n) is 4.77. The molecule has 3 aromatic heterocycles. The minimum atomic E-state index is 0.604. The zero-order valence-electron chi connectivity index (χ0n) is 17.3. The van der Waals surface area contributed by atoms with Crippen molar-refractivity contribution in [2.45, 2.75) is 18.5 Å². The van der Waals surface area contributed by atoms with Crippen molar-refractivity contribution < 1.29 is 4.79 Å². The number of pyridine rings is 2. The summed E-state index contributed by atoms with van der Waals surface area (Å²) in [4.78, 5) is 23.7. The Labute approximate surface area is 190 Å². The predicted molar refractivity (Wildman–Crippen MR) is 129 cm³/mol. The van der Waals surface area contributed by atoms with Gasteiger partial charge in [-0.3, -0.25) is 9.78 Å². The Morgan fingerprint density at radius 3 is 2.68 bits per heavy atom. The Kier molecular flexibility index (Phi) is 6.64. The lowest BCUT2D eigenvalue weighted by Gasteiger charge is -2.13. The quantitative estimate of drug-likeness (QED) is 0.270. The number of hydrogen-bond acceptors (Lipinski definition) is 6. The van der Waals surface area contributed by atoms with Gasteiger partial charge in [-0.05, 0) is 60.0 Å². The summed E-state index contributed by atoms with van der Waals surface area (Å²) in [5, 5.41) is 0.904. The molecule has 1 amide bonds. The van der Waals surface area contributed by atoms with Crippen LogP contribution in [-0.4, -0.2) is 28.3 Å². The van der Waals surface area contributed by atoms with E-state index in [1.54, 1.807) is 29.5 Å². The maximum Gasteiger partial charge on any atom is 0.209 e. The molecule has 0 aliphatic carbocycles. The van der Waals surface area contributed by atoms with Crippen molar-refractivity contribution in [1.82, 2.24) is 14.9 Å². The average molecular weight is 447 g/mol. The number of nitrogens with one attached hydrogen (secondary N) is 1. The van der Waals surface area contributed by atoms with Gasteiger partial charge in [0.2, 0.25) is 6.41 Å². The minimum absolute atomic E-state index is 0.604. The monoisotopic (exact) mass is 446 g/mol. The lowest BCUT2D eigenvalue weighted by atomic mass is 10.0. The predicted octanol–water partition coefficient (Wildman–Crippen LogP) is 5.89. The van der Waals surface area contributed by atoms with E-state index in [0.717, 1.165) is 38.7 Å². The standard InChI is InChI=1S/C24H22N4OS2/c1-17-6-7-18(11-20(17)15-28(2)16-29)22-8-9-23(30-22)19-12-21(14-25-13-19)27-31-24-5-3-4-10-26-24/h3-14,16,27H,15H2,1-2H3. The molecule has 0 spiro atoms. The lowest BCUT2D eigenvalue weighted by Crippen LogP contribution is -2.15. The number of carbonyl (C=O) groups is 1. The van der Waals surface area contributed by atoms with Gasteiger partial charge in [0.1, 0.15) is 5.03 Å². The molecule has 7 heteroatoms. The number of aromatic nitrogens is 2. The number of carbonyl (C=O) groups excluding carboxylic acids is 1. The summed E-state index contributed by atoms with van der Waals surface area (Å²) in [7, 11) is 1.79. The number of hydrogen-bond donors (Lipinski definition) is 1. The molecular formula is C24H22N4OS2. The summed E-state index contributed by atoms with van der Waals surface area (Å²) in [6, 6.07) is 18.6. The number of rotatable bonds is 8. The largest absolute Gasteiger partial charge is 0.344 e. The smallest absolute Gasteiger partial charge is 0.209 e. The summed E-state index contributed by atoms with van der Waals surface area (Å²) >= 11 is 3.19. The van der Waals surface area contributed by atoms with E-state index in [-0.39, 0.29) is 0 Å². The summed E-state index contributed by atoms with van der Waals surface area (Å²) in [5.74, 6) is 0. The Morgan fingerprint density at radius 2 is 1.90 bits per heavy atom. The van der Waals surface area contributed by atoms with Crippen molar-refractivity contribution in [3.63, 3.8) is 0 Å². The van der Waals surface area contributed by atoms with E-state index in [1.165, 1.54) is 22.4 Å². The number of aryl methyl sites for hydroxylation is 1. The number of amides is 1. The molecule has 1 N–H and O–H groups in total. The fourth-order valence-corrected chi connectivity index (χ4v) is 4.68. The maximum absolute atomic E-state index is 11.0. The van der Waals surface area contributed by atoms with Crippen molar-refractivity contribution in [3.05, 3.63) is 84.3 Å². The van der Waals surface area contributed by atoms with Gasteiger partial charge in [-0.1, -0.05) is 18.2 Å². The highest BCUT2D eigenvalue weighted by Crippen LogP contribution is 2.36. The van der Waals surface area contributed by atoms with Gasteiger partial charge in [-0.15, -0.1) is 11.3 Å². The first-order chi connectivity index (χ1) is 15.1. The topological polar surface area (TPSA) is 58.1 Å². The molecule has 156 valence electrons. The number of benzene rings is 1. The first-order valence-corrected chi connectivity index (χ1v) is 11.4. The van der Waals surface area contributed by atoms with Crippen LogP contribution < -0.4 is 4.72 Å². The van der Waals surface area contributed by atoms with E-state index in [0.29, 0.717) is 6.54 Å². The van der Waals surface area contributed by atoms with Gasteiger partial charge in [0.15, 0.2) is 0 Å². The number of thiophene rings is 1. The summed E-state index contributed by atoms with van der Waals surface area (Å²) in [6.45, 7) is 2.68. The molecule has 0 aliphatic heterocycles. The molecule has 4 rings (SSSR count). The third kappa shape index (κ3) is 5.31. The zero-order chi connectivity index (χ0) is 21.6. The zero-order valence-corrected chi connectivity index (χ0v) is 18.9. The average Bonchev–Trinajstić information content (AvgIpc) is 3.30. The SMILES string of the molecule is Cc1ccc(-c2ccc(-c3cncc(NSc4ccccn4)c3)s2)cc1CN(C)C=O. The summed E-state index contributed by atoms with van der Waals surface area (Å²) in [6.07, 6.45) is 6.32. The molecule has 0 fully saturated rings. The van der Waals surface area contributed by atoms with E-state index >= 15 is 0 Å². The van der Waals surface area contributed by atoms with Gasteiger partial charge in [-0.25, -0.2) is 4.98 Å². The summed E-state index contributed by atoms with van der Waals surface area (Å²) < 4.78 is 3.31. The van der Waals surface area contributed by atoms with E-state index < -0.39 is 0 Å². The van der Waals surface area contributed by atoms with Crippen molar-refractivity contribution in [2.75, 3.05) is 11.8 Å². The van der Waals surface area contributed by atoms with Crippen LogP contribution in [0.3, 0.4) is 0 Å². The van der Waals surface area contributed by atoms with Crippen LogP contribution in [0.5, 0.6) is 0 Å². The van der Waals surface area contributed by atoms with Crippen LogP contribution in [-0.2, 0) is 11.3 Å². The molecule has 0 saturated heterocycles. The van der Waals surface area contributed by atoms with E-state index in [4.69, 9.17) is 0 Å². The van der Waals surface area contributed by atoms with E-state index in [9.17, 15) is 4.79 Å². The van der Waals surface area contributed by atoms with Crippen LogP contribution >= 0.6 is 23.3 Å². The second-order valence-electron chi connectivity index (χ2n) is 7.16. The Bertz CT molecular complexity index is 1180. The van der Waals surface area contributed by atoms with Crippen molar-refractivity contribution in [3.8, 4) is 20.9 Å². The van der Waals surface area contributed by atoms with Crippen LogP contribution in [0.2, 0.25) is 0 Å².